The number of nitrogens with one attached hydrogen (secondary N) is 1. The molecule has 0 aromatic heterocycles. The molecule has 200 valence electrons. The summed E-state index contributed by atoms with van der Waals surface area (Å²) in [6, 6.07) is 15.3. The normalized spacial score (nSPS) is 21.5. The number of fused-ring (bicyclic) bond motifs is 1. The number of benzene rings is 2. The van der Waals surface area contributed by atoms with Crippen molar-refractivity contribution in [1.82, 2.24) is 9.80 Å². The Morgan fingerprint density at radius 3 is 2.59 bits per heavy atom. The molecule has 2 amide bonds. The first-order valence-electron chi connectivity index (χ1n) is 13.6. The second-order valence-electron chi connectivity index (χ2n) is 10.8. The third kappa shape index (κ3) is 6.90. The van der Waals surface area contributed by atoms with E-state index >= 15 is 0 Å². The van der Waals surface area contributed by atoms with Gasteiger partial charge in [-0.1, -0.05) is 56.5 Å². The van der Waals surface area contributed by atoms with Crippen LogP contribution in [-0.2, 0) is 11.3 Å². The highest BCUT2D eigenvalue weighted by atomic mass is 16.5. The number of amides is 2. The van der Waals surface area contributed by atoms with E-state index in [1.54, 1.807) is 17.0 Å². The van der Waals surface area contributed by atoms with E-state index in [4.69, 9.17) is 4.74 Å². The van der Waals surface area contributed by atoms with Gasteiger partial charge in [0.25, 0.3) is 5.91 Å². The van der Waals surface area contributed by atoms with Crippen LogP contribution in [-0.4, -0.2) is 65.6 Å². The van der Waals surface area contributed by atoms with Gasteiger partial charge < -0.3 is 20.1 Å². The Balaban J connectivity index is 1.57. The molecule has 37 heavy (non-hydrogen) atoms. The van der Waals surface area contributed by atoms with Gasteiger partial charge in [0.2, 0.25) is 5.91 Å². The number of hydrogen-bond acceptors (Lipinski definition) is 5. The number of carbonyl (C=O) groups is 2. The number of hydrogen-bond donors (Lipinski definition) is 2. The van der Waals surface area contributed by atoms with Crippen molar-refractivity contribution in [3.8, 4) is 5.75 Å². The zero-order valence-electron chi connectivity index (χ0n) is 22.4. The van der Waals surface area contributed by atoms with E-state index in [0.717, 1.165) is 32.2 Å². The van der Waals surface area contributed by atoms with Crippen LogP contribution in [0.25, 0.3) is 0 Å². The largest absolute Gasteiger partial charge is 0.488 e. The first-order valence-corrected chi connectivity index (χ1v) is 13.6. The van der Waals surface area contributed by atoms with Crippen molar-refractivity contribution in [3.05, 3.63) is 59.7 Å². The van der Waals surface area contributed by atoms with Crippen molar-refractivity contribution in [1.29, 1.82) is 0 Å². The zero-order chi connectivity index (χ0) is 26.4. The summed E-state index contributed by atoms with van der Waals surface area (Å²) in [7, 11) is 2.08. The van der Waals surface area contributed by atoms with Crippen molar-refractivity contribution in [2.24, 2.45) is 11.8 Å². The van der Waals surface area contributed by atoms with E-state index in [1.807, 2.05) is 31.2 Å². The van der Waals surface area contributed by atoms with Crippen LogP contribution in [0.15, 0.2) is 48.5 Å². The number of anilines is 1. The van der Waals surface area contributed by atoms with Crippen LogP contribution >= 0.6 is 0 Å². The molecular formula is C30H41N3O4. The molecule has 3 atom stereocenters. The summed E-state index contributed by atoms with van der Waals surface area (Å²) >= 11 is 0. The highest BCUT2D eigenvalue weighted by Crippen LogP contribution is 2.32. The number of aliphatic hydroxyl groups is 1. The summed E-state index contributed by atoms with van der Waals surface area (Å²) in [6.07, 6.45) is 5.03. The molecule has 1 heterocycles. The minimum atomic E-state index is -0.330. The van der Waals surface area contributed by atoms with Crippen molar-refractivity contribution >= 4 is 17.5 Å². The van der Waals surface area contributed by atoms with E-state index in [9.17, 15) is 14.7 Å². The van der Waals surface area contributed by atoms with Crippen LogP contribution in [0, 0.1) is 11.8 Å². The average Bonchev–Trinajstić information content (AvgIpc) is 2.91. The highest BCUT2D eigenvalue weighted by molar-refractivity contribution is 6.00. The lowest BCUT2D eigenvalue weighted by Gasteiger charge is -2.38. The molecule has 0 unspecified atom stereocenters. The second-order valence-corrected chi connectivity index (χ2v) is 10.8. The number of aliphatic hydroxyl groups excluding tert-OH is 1. The standard InChI is InChI=1S/C30H41N3O4/c1-21-17-33(22(2)20-34)30(36)26-16-25(31-29(35)24-12-8-5-9-13-24)14-15-27(26)37-28(21)19-32(3)18-23-10-6-4-7-11-23/h4,6-7,10-11,14-16,21-22,24,28,34H,5,8-9,12-13,17-20H2,1-3H3,(H,31,35)/t21-,22+,28+/m1/s1. The maximum Gasteiger partial charge on any atom is 0.258 e. The summed E-state index contributed by atoms with van der Waals surface area (Å²) in [5.74, 6) is 0.427. The SMILES string of the molecule is C[C@@H]1CN([C@@H](C)CO)C(=O)c2cc(NC(=O)C3CCCCC3)ccc2O[C@H]1CN(C)Cc1ccccc1. The van der Waals surface area contributed by atoms with Gasteiger partial charge in [-0.15, -0.1) is 0 Å². The van der Waals surface area contributed by atoms with E-state index < -0.39 is 0 Å². The Kier molecular flexibility index (Phi) is 9.22. The maximum absolute atomic E-state index is 13.7. The quantitative estimate of drug-likeness (QED) is 0.548. The Hall–Kier alpha value is -2.90. The minimum Gasteiger partial charge on any atom is -0.488 e. The third-order valence-electron chi connectivity index (χ3n) is 7.70. The van der Waals surface area contributed by atoms with Gasteiger partial charge in [0, 0.05) is 37.2 Å². The Bertz CT molecular complexity index is 1050. The zero-order valence-corrected chi connectivity index (χ0v) is 22.4. The number of likely N-dealkylation sites (N-methyl/N-ethyl adjacent to an activating group) is 1. The summed E-state index contributed by atoms with van der Waals surface area (Å²) in [6.45, 7) is 5.79. The molecule has 2 aromatic carbocycles. The number of rotatable bonds is 8. The van der Waals surface area contributed by atoms with Crippen LogP contribution in [0.2, 0.25) is 0 Å². The highest BCUT2D eigenvalue weighted by Gasteiger charge is 2.33. The molecule has 0 spiro atoms. The van der Waals surface area contributed by atoms with Crippen LogP contribution < -0.4 is 10.1 Å². The van der Waals surface area contributed by atoms with Crippen LogP contribution in [0.1, 0.15) is 61.9 Å². The molecule has 7 heteroatoms. The lowest BCUT2D eigenvalue weighted by Crippen LogP contribution is -2.49. The molecule has 1 fully saturated rings. The van der Waals surface area contributed by atoms with Gasteiger partial charge in [0.15, 0.2) is 0 Å². The van der Waals surface area contributed by atoms with Gasteiger partial charge in [-0.3, -0.25) is 14.5 Å². The Morgan fingerprint density at radius 2 is 1.89 bits per heavy atom. The fourth-order valence-electron chi connectivity index (χ4n) is 5.39. The lowest BCUT2D eigenvalue weighted by atomic mass is 9.88. The first kappa shape index (κ1) is 27.1. The molecule has 2 N–H and O–H groups in total. The van der Waals surface area contributed by atoms with Gasteiger partial charge in [-0.25, -0.2) is 0 Å². The monoisotopic (exact) mass is 507 g/mol. The molecule has 0 saturated heterocycles. The number of carbonyl (C=O) groups excluding carboxylic acids is 2. The molecule has 2 aliphatic rings. The summed E-state index contributed by atoms with van der Waals surface area (Å²) in [5.41, 5.74) is 2.26. The molecule has 0 radical (unpaired) electrons. The Morgan fingerprint density at radius 1 is 1.16 bits per heavy atom. The molecule has 1 aliphatic carbocycles. The van der Waals surface area contributed by atoms with Crippen LogP contribution in [0.4, 0.5) is 5.69 Å². The number of nitrogens with zero attached hydrogens (tertiary/aromatic N) is 2. The van der Waals surface area contributed by atoms with Crippen LogP contribution in [0.5, 0.6) is 5.75 Å². The van der Waals surface area contributed by atoms with E-state index in [2.05, 4.69) is 36.3 Å². The van der Waals surface area contributed by atoms with Gasteiger partial charge in [0.1, 0.15) is 11.9 Å². The third-order valence-corrected chi connectivity index (χ3v) is 7.70. The van der Waals surface area contributed by atoms with Gasteiger partial charge in [-0.05, 0) is 50.6 Å². The smallest absolute Gasteiger partial charge is 0.258 e. The average molecular weight is 508 g/mol. The molecular weight excluding hydrogens is 466 g/mol. The predicted octanol–water partition coefficient (Wildman–Crippen LogP) is 4.56. The predicted molar refractivity (Wildman–Crippen MR) is 146 cm³/mol. The Labute approximate surface area is 220 Å². The number of ether oxygens (including phenoxy) is 1. The maximum atomic E-state index is 13.7. The van der Waals surface area contributed by atoms with Crippen molar-refractivity contribution in [2.75, 3.05) is 32.1 Å². The fourth-order valence-corrected chi connectivity index (χ4v) is 5.39. The van der Waals surface area contributed by atoms with Crippen LogP contribution in [0.3, 0.4) is 0 Å². The van der Waals surface area contributed by atoms with Crippen molar-refractivity contribution < 1.29 is 19.4 Å². The molecule has 4 rings (SSSR count). The topological polar surface area (TPSA) is 82.1 Å². The molecule has 1 saturated carbocycles. The molecule has 0 bridgehead atoms. The summed E-state index contributed by atoms with van der Waals surface area (Å²) in [5, 5.41) is 12.9. The van der Waals surface area contributed by atoms with Gasteiger partial charge >= 0.3 is 0 Å². The lowest BCUT2D eigenvalue weighted by molar-refractivity contribution is -0.120. The van der Waals surface area contributed by atoms with Crippen molar-refractivity contribution in [3.63, 3.8) is 0 Å². The molecule has 2 aromatic rings. The molecule has 7 nitrogen and oxygen atoms in total. The van der Waals surface area contributed by atoms with Gasteiger partial charge in [-0.2, -0.15) is 0 Å². The van der Waals surface area contributed by atoms with E-state index in [-0.39, 0.29) is 42.4 Å². The second kappa shape index (κ2) is 12.6. The minimum absolute atomic E-state index is 0.0217. The first-order chi connectivity index (χ1) is 17.9. The van der Waals surface area contributed by atoms with Gasteiger partial charge in [0.05, 0.1) is 18.2 Å². The van der Waals surface area contributed by atoms with Crippen molar-refractivity contribution in [2.45, 2.75) is 64.6 Å². The molecule has 1 aliphatic heterocycles. The summed E-state index contributed by atoms with van der Waals surface area (Å²) < 4.78 is 6.50. The summed E-state index contributed by atoms with van der Waals surface area (Å²) in [4.78, 5) is 30.5. The van der Waals surface area contributed by atoms with E-state index in [0.29, 0.717) is 30.1 Å². The van der Waals surface area contributed by atoms with E-state index in [1.165, 1.54) is 12.0 Å². The fraction of sp³-hybridized carbons (Fsp3) is 0.533.